The zero-order chi connectivity index (χ0) is 13.5. The van der Waals surface area contributed by atoms with E-state index in [1.54, 1.807) is 6.07 Å². The molecule has 0 bridgehead atoms. The highest BCUT2D eigenvalue weighted by atomic mass is 19.1. The minimum absolute atomic E-state index is 0.231. The number of halogens is 2. The first-order valence-corrected chi connectivity index (χ1v) is 7.34. The average molecular weight is 265 g/mol. The summed E-state index contributed by atoms with van der Waals surface area (Å²) in [7, 11) is 0. The SMILES string of the molecule is CCCC1(N2CC[C@H](c3ccc(F)cc3F)C2)CC1. The van der Waals surface area contributed by atoms with Crippen LogP contribution in [0.15, 0.2) is 18.2 Å². The molecule has 2 aliphatic rings. The van der Waals surface area contributed by atoms with Gasteiger partial charge in [0.25, 0.3) is 0 Å². The van der Waals surface area contributed by atoms with Crippen molar-refractivity contribution in [2.45, 2.75) is 50.5 Å². The molecule has 3 heteroatoms. The summed E-state index contributed by atoms with van der Waals surface area (Å²) in [6, 6.07) is 4.01. The lowest BCUT2D eigenvalue weighted by atomic mass is 9.97. The van der Waals surface area contributed by atoms with E-state index in [1.165, 1.54) is 31.7 Å². The summed E-state index contributed by atoms with van der Waals surface area (Å²) < 4.78 is 26.8. The molecule has 0 spiro atoms. The van der Waals surface area contributed by atoms with Gasteiger partial charge in [0.2, 0.25) is 0 Å². The quantitative estimate of drug-likeness (QED) is 0.792. The lowest BCUT2D eigenvalue weighted by Gasteiger charge is -2.27. The van der Waals surface area contributed by atoms with Gasteiger partial charge in [-0.25, -0.2) is 8.78 Å². The molecular formula is C16H21F2N. The third-order valence-corrected chi connectivity index (χ3v) is 4.80. The number of benzene rings is 1. The van der Waals surface area contributed by atoms with Crippen LogP contribution >= 0.6 is 0 Å². The number of nitrogens with zero attached hydrogens (tertiary/aromatic N) is 1. The highest BCUT2D eigenvalue weighted by Gasteiger charge is 2.49. The number of rotatable bonds is 4. The van der Waals surface area contributed by atoms with Crippen LogP contribution in [0.5, 0.6) is 0 Å². The number of likely N-dealkylation sites (tertiary alicyclic amines) is 1. The van der Waals surface area contributed by atoms with Crippen LogP contribution in [0.25, 0.3) is 0 Å². The van der Waals surface area contributed by atoms with E-state index in [4.69, 9.17) is 0 Å². The van der Waals surface area contributed by atoms with Crippen molar-refractivity contribution in [1.29, 1.82) is 0 Å². The van der Waals surface area contributed by atoms with E-state index in [1.807, 2.05) is 0 Å². The normalized spacial score (nSPS) is 25.7. The molecule has 1 aromatic rings. The van der Waals surface area contributed by atoms with Crippen molar-refractivity contribution in [2.24, 2.45) is 0 Å². The first-order valence-electron chi connectivity index (χ1n) is 7.34. The standard InChI is InChI=1S/C16H21F2N/c1-2-6-16(7-8-16)19-9-5-12(11-19)14-4-3-13(17)10-15(14)18/h3-4,10,12H,2,5-9,11H2,1H3/t12-/m0/s1. The Morgan fingerprint density at radius 1 is 1.32 bits per heavy atom. The van der Waals surface area contributed by atoms with Crippen molar-refractivity contribution in [3.63, 3.8) is 0 Å². The molecule has 1 nitrogen and oxygen atoms in total. The second-order valence-corrected chi connectivity index (χ2v) is 6.07. The summed E-state index contributed by atoms with van der Waals surface area (Å²) in [4.78, 5) is 2.55. The second-order valence-electron chi connectivity index (χ2n) is 6.07. The first-order chi connectivity index (χ1) is 9.14. The van der Waals surface area contributed by atoms with Crippen molar-refractivity contribution in [3.05, 3.63) is 35.4 Å². The van der Waals surface area contributed by atoms with Crippen LogP contribution in [0.3, 0.4) is 0 Å². The van der Waals surface area contributed by atoms with Gasteiger partial charge in [-0.15, -0.1) is 0 Å². The molecule has 1 heterocycles. The lowest BCUT2D eigenvalue weighted by molar-refractivity contribution is 0.205. The van der Waals surface area contributed by atoms with Crippen LogP contribution in [0.2, 0.25) is 0 Å². The Kier molecular flexibility index (Phi) is 3.34. The molecular weight excluding hydrogens is 244 g/mol. The van der Waals surface area contributed by atoms with Gasteiger partial charge < -0.3 is 0 Å². The summed E-state index contributed by atoms with van der Waals surface area (Å²) >= 11 is 0. The summed E-state index contributed by atoms with van der Waals surface area (Å²) in [5.74, 6) is -0.636. The monoisotopic (exact) mass is 265 g/mol. The Balaban J connectivity index is 1.72. The van der Waals surface area contributed by atoms with Crippen LogP contribution in [0, 0.1) is 11.6 Å². The molecule has 1 aliphatic carbocycles. The maximum Gasteiger partial charge on any atom is 0.129 e. The zero-order valence-electron chi connectivity index (χ0n) is 11.5. The smallest absolute Gasteiger partial charge is 0.129 e. The average Bonchev–Trinajstić information content (AvgIpc) is 2.99. The fraction of sp³-hybridized carbons (Fsp3) is 0.625. The lowest BCUT2D eigenvalue weighted by Crippen LogP contribution is -2.35. The summed E-state index contributed by atoms with van der Waals surface area (Å²) in [5.41, 5.74) is 1.11. The van der Waals surface area contributed by atoms with E-state index in [0.717, 1.165) is 25.6 Å². The van der Waals surface area contributed by atoms with Crippen molar-refractivity contribution in [2.75, 3.05) is 13.1 Å². The van der Waals surface area contributed by atoms with E-state index in [9.17, 15) is 8.78 Å². The molecule has 104 valence electrons. The fourth-order valence-corrected chi connectivity index (χ4v) is 3.61. The van der Waals surface area contributed by atoms with Gasteiger partial charge in [0, 0.05) is 24.1 Å². The Bertz CT molecular complexity index is 468. The minimum atomic E-state index is -0.485. The summed E-state index contributed by atoms with van der Waals surface area (Å²) in [6.45, 7) is 4.22. The minimum Gasteiger partial charge on any atom is -0.297 e. The Morgan fingerprint density at radius 2 is 2.11 bits per heavy atom. The zero-order valence-corrected chi connectivity index (χ0v) is 11.5. The maximum atomic E-state index is 13.8. The molecule has 1 aromatic carbocycles. The third-order valence-electron chi connectivity index (χ3n) is 4.80. The number of hydrogen-bond acceptors (Lipinski definition) is 1. The maximum absolute atomic E-state index is 13.8. The highest BCUT2D eigenvalue weighted by molar-refractivity contribution is 5.25. The van der Waals surface area contributed by atoms with Crippen molar-refractivity contribution in [3.8, 4) is 0 Å². The Morgan fingerprint density at radius 3 is 2.74 bits per heavy atom. The number of hydrogen-bond donors (Lipinski definition) is 0. The van der Waals surface area contributed by atoms with Gasteiger partial charge in [0.15, 0.2) is 0 Å². The summed E-state index contributed by atoms with van der Waals surface area (Å²) in [5, 5.41) is 0. The van der Waals surface area contributed by atoms with Crippen LogP contribution in [-0.4, -0.2) is 23.5 Å². The van der Waals surface area contributed by atoms with E-state index in [2.05, 4.69) is 11.8 Å². The van der Waals surface area contributed by atoms with E-state index in [0.29, 0.717) is 11.1 Å². The van der Waals surface area contributed by atoms with Gasteiger partial charge in [0.1, 0.15) is 11.6 Å². The van der Waals surface area contributed by atoms with Gasteiger partial charge in [-0.05, 0) is 43.9 Å². The molecule has 1 atom stereocenters. The largest absolute Gasteiger partial charge is 0.297 e. The molecule has 19 heavy (non-hydrogen) atoms. The molecule has 2 fully saturated rings. The van der Waals surface area contributed by atoms with E-state index < -0.39 is 5.82 Å². The van der Waals surface area contributed by atoms with Crippen LogP contribution in [-0.2, 0) is 0 Å². The van der Waals surface area contributed by atoms with Gasteiger partial charge in [-0.2, -0.15) is 0 Å². The molecule has 0 aromatic heterocycles. The Labute approximate surface area is 113 Å². The molecule has 0 amide bonds. The van der Waals surface area contributed by atoms with Crippen molar-refractivity contribution < 1.29 is 8.78 Å². The topological polar surface area (TPSA) is 3.24 Å². The molecule has 0 unspecified atom stereocenters. The predicted molar refractivity (Wildman–Crippen MR) is 72.2 cm³/mol. The molecule has 0 radical (unpaired) electrons. The van der Waals surface area contributed by atoms with Crippen LogP contribution < -0.4 is 0 Å². The molecule has 1 saturated heterocycles. The highest BCUT2D eigenvalue weighted by Crippen LogP contribution is 2.48. The Hall–Kier alpha value is -0.960. The molecule has 1 aliphatic heterocycles. The van der Waals surface area contributed by atoms with Gasteiger partial charge in [0.05, 0.1) is 0 Å². The summed E-state index contributed by atoms with van der Waals surface area (Å²) in [6.07, 6.45) is 6.05. The van der Waals surface area contributed by atoms with Gasteiger partial charge >= 0.3 is 0 Å². The van der Waals surface area contributed by atoms with Crippen LogP contribution in [0.4, 0.5) is 8.78 Å². The molecule has 1 saturated carbocycles. The first kappa shape index (κ1) is 13.0. The third kappa shape index (κ3) is 2.40. The van der Waals surface area contributed by atoms with Crippen molar-refractivity contribution >= 4 is 0 Å². The second kappa shape index (κ2) is 4.86. The van der Waals surface area contributed by atoms with Crippen LogP contribution in [0.1, 0.15) is 50.5 Å². The molecule has 3 rings (SSSR count). The fourth-order valence-electron chi connectivity index (χ4n) is 3.61. The van der Waals surface area contributed by atoms with Crippen molar-refractivity contribution in [1.82, 2.24) is 4.90 Å². The molecule has 0 N–H and O–H groups in total. The van der Waals surface area contributed by atoms with Gasteiger partial charge in [-0.3, -0.25) is 4.90 Å². The van der Waals surface area contributed by atoms with E-state index >= 15 is 0 Å². The van der Waals surface area contributed by atoms with E-state index in [-0.39, 0.29) is 11.7 Å². The van der Waals surface area contributed by atoms with Gasteiger partial charge in [-0.1, -0.05) is 19.4 Å². The predicted octanol–water partition coefficient (Wildman–Crippen LogP) is 4.09.